The van der Waals surface area contributed by atoms with E-state index in [2.05, 4.69) is 5.32 Å². The maximum absolute atomic E-state index is 11.9. The lowest BCUT2D eigenvalue weighted by molar-refractivity contribution is -0.146. The second kappa shape index (κ2) is 5.61. The van der Waals surface area contributed by atoms with Gasteiger partial charge in [-0.15, -0.1) is 0 Å². The summed E-state index contributed by atoms with van der Waals surface area (Å²) in [6, 6.07) is 7.44. The Morgan fingerprint density at radius 2 is 2.00 bits per heavy atom. The highest BCUT2D eigenvalue weighted by Crippen LogP contribution is 2.41. The molecule has 2 N–H and O–H groups in total. The van der Waals surface area contributed by atoms with Gasteiger partial charge in [0.25, 0.3) is 0 Å². The van der Waals surface area contributed by atoms with Crippen LogP contribution in [0, 0.1) is 5.92 Å². The molecule has 104 valence electrons. The topological polar surface area (TPSA) is 58.6 Å². The van der Waals surface area contributed by atoms with Crippen LogP contribution >= 0.6 is 0 Å². The molecule has 4 heteroatoms. The Bertz CT molecular complexity index is 454. The van der Waals surface area contributed by atoms with Crippen molar-refractivity contribution in [3.05, 3.63) is 29.8 Å². The SMILES string of the molecule is COc1ccccc1C(C)(C(=O)O)C1CCNCC1. The number of ether oxygens (including phenoxy) is 1. The Balaban J connectivity index is 2.46. The predicted octanol–water partition coefficient (Wildman–Crippen LogP) is 2.04. The van der Waals surface area contributed by atoms with Crippen LogP contribution in [0.2, 0.25) is 0 Å². The summed E-state index contributed by atoms with van der Waals surface area (Å²) in [4.78, 5) is 11.9. The Morgan fingerprint density at radius 3 is 2.58 bits per heavy atom. The molecule has 0 amide bonds. The van der Waals surface area contributed by atoms with Gasteiger partial charge >= 0.3 is 5.97 Å². The van der Waals surface area contributed by atoms with E-state index in [4.69, 9.17) is 4.74 Å². The average Bonchev–Trinajstić information content (AvgIpc) is 2.47. The number of aliphatic carboxylic acids is 1. The molecule has 0 radical (unpaired) electrons. The molecular weight excluding hydrogens is 242 g/mol. The molecule has 19 heavy (non-hydrogen) atoms. The Morgan fingerprint density at radius 1 is 1.37 bits per heavy atom. The zero-order valence-electron chi connectivity index (χ0n) is 11.5. The quantitative estimate of drug-likeness (QED) is 0.872. The molecule has 1 heterocycles. The highest BCUT2D eigenvalue weighted by Gasteiger charge is 2.44. The van der Waals surface area contributed by atoms with E-state index in [9.17, 15) is 9.90 Å². The van der Waals surface area contributed by atoms with Gasteiger partial charge in [0.15, 0.2) is 0 Å². The van der Waals surface area contributed by atoms with Crippen LogP contribution in [0.5, 0.6) is 5.75 Å². The van der Waals surface area contributed by atoms with Crippen molar-refractivity contribution in [1.82, 2.24) is 5.32 Å². The summed E-state index contributed by atoms with van der Waals surface area (Å²) in [5.74, 6) is 0.0115. The summed E-state index contributed by atoms with van der Waals surface area (Å²) in [5, 5.41) is 13.1. The third-order valence-corrected chi connectivity index (χ3v) is 4.27. The van der Waals surface area contributed by atoms with Gasteiger partial charge in [0.2, 0.25) is 0 Å². The molecule has 1 aromatic carbocycles. The second-order valence-corrected chi connectivity index (χ2v) is 5.23. The van der Waals surface area contributed by atoms with Gasteiger partial charge in [0.05, 0.1) is 12.5 Å². The lowest BCUT2D eigenvalue weighted by atomic mass is 9.68. The summed E-state index contributed by atoms with van der Waals surface area (Å²) in [6.45, 7) is 3.58. The number of carboxylic acid groups (broad SMARTS) is 1. The molecule has 1 aliphatic heterocycles. The van der Waals surface area contributed by atoms with Crippen LogP contribution in [0.3, 0.4) is 0 Å². The van der Waals surface area contributed by atoms with Gasteiger partial charge in [-0.1, -0.05) is 18.2 Å². The first-order chi connectivity index (χ1) is 9.10. The van der Waals surface area contributed by atoms with Gasteiger partial charge in [-0.2, -0.15) is 0 Å². The minimum absolute atomic E-state index is 0.127. The molecule has 1 unspecified atom stereocenters. The third-order valence-electron chi connectivity index (χ3n) is 4.27. The first-order valence-electron chi connectivity index (χ1n) is 6.68. The molecular formula is C15H21NO3. The van der Waals surface area contributed by atoms with E-state index in [1.54, 1.807) is 7.11 Å². The normalized spacial score (nSPS) is 19.7. The van der Waals surface area contributed by atoms with E-state index in [0.29, 0.717) is 5.75 Å². The molecule has 0 aromatic heterocycles. The van der Waals surface area contributed by atoms with Crippen LogP contribution in [-0.2, 0) is 10.2 Å². The summed E-state index contributed by atoms with van der Waals surface area (Å²) >= 11 is 0. The van der Waals surface area contributed by atoms with Crippen molar-refractivity contribution in [1.29, 1.82) is 0 Å². The molecule has 0 spiro atoms. The van der Waals surface area contributed by atoms with Crippen LogP contribution in [-0.4, -0.2) is 31.3 Å². The molecule has 1 aliphatic rings. The van der Waals surface area contributed by atoms with E-state index in [-0.39, 0.29) is 5.92 Å². The van der Waals surface area contributed by atoms with E-state index in [0.717, 1.165) is 31.5 Å². The van der Waals surface area contributed by atoms with Gasteiger partial charge in [0, 0.05) is 5.56 Å². The molecule has 1 atom stereocenters. The lowest BCUT2D eigenvalue weighted by Gasteiger charge is -2.37. The first kappa shape index (κ1) is 13.9. The van der Waals surface area contributed by atoms with Crippen molar-refractivity contribution >= 4 is 5.97 Å². The maximum atomic E-state index is 11.9. The molecule has 4 nitrogen and oxygen atoms in total. The second-order valence-electron chi connectivity index (χ2n) is 5.23. The van der Waals surface area contributed by atoms with Crippen molar-refractivity contribution in [2.24, 2.45) is 5.92 Å². The van der Waals surface area contributed by atoms with Gasteiger partial charge in [-0.05, 0) is 44.8 Å². The molecule has 1 saturated heterocycles. The number of carboxylic acids is 1. The number of para-hydroxylation sites is 1. The van der Waals surface area contributed by atoms with Crippen LogP contribution in [0.15, 0.2) is 24.3 Å². The number of piperidine rings is 1. The molecule has 1 aromatic rings. The number of rotatable bonds is 4. The minimum Gasteiger partial charge on any atom is -0.496 e. The molecule has 1 fully saturated rings. The van der Waals surface area contributed by atoms with E-state index >= 15 is 0 Å². The zero-order valence-corrected chi connectivity index (χ0v) is 11.5. The van der Waals surface area contributed by atoms with Crippen molar-refractivity contribution < 1.29 is 14.6 Å². The fraction of sp³-hybridized carbons (Fsp3) is 0.533. The standard InChI is InChI=1S/C15H21NO3/c1-15(14(17)18,11-7-9-16-10-8-11)12-5-3-4-6-13(12)19-2/h3-6,11,16H,7-10H2,1-2H3,(H,17,18). The Labute approximate surface area is 113 Å². The van der Waals surface area contributed by atoms with E-state index < -0.39 is 11.4 Å². The molecule has 0 saturated carbocycles. The maximum Gasteiger partial charge on any atom is 0.314 e. The molecule has 0 aliphatic carbocycles. The third kappa shape index (κ3) is 2.45. The number of hydrogen-bond acceptors (Lipinski definition) is 3. The number of carbonyl (C=O) groups is 1. The lowest BCUT2D eigenvalue weighted by Crippen LogP contribution is -2.45. The number of hydrogen-bond donors (Lipinski definition) is 2. The fourth-order valence-electron chi connectivity index (χ4n) is 2.98. The van der Waals surface area contributed by atoms with Gasteiger partial charge in [-0.25, -0.2) is 0 Å². The van der Waals surface area contributed by atoms with Gasteiger partial charge in [-0.3, -0.25) is 4.79 Å². The van der Waals surface area contributed by atoms with E-state index in [1.807, 2.05) is 31.2 Å². The summed E-state index contributed by atoms with van der Waals surface area (Å²) < 4.78 is 5.35. The summed E-state index contributed by atoms with van der Waals surface area (Å²) in [7, 11) is 1.59. The van der Waals surface area contributed by atoms with E-state index in [1.165, 1.54) is 0 Å². The highest BCUT2D eigenvalue weighted by molar-refractivity contribution is 5.82. The van der Waals surface area contributed by atoms with Crippen LogP contribution < -0.4 is 10.1 Å². The Kier molecular flexibility index (Phi) is 4.10. The first-order valence-corrected chi connectivity index (χ1v) is 6.68. The number of methoxy groups -OCH3 is 1. The smallest absolute Gasteiger partial charge is 0.314 e. The number of benzene rings is 1. The van der Waals surface area contributed by atoms with Crippen molar-refractivity contribution in [3.63, 3.8) is 0 Å². The molecule has 0 bridgehead atoms. The number of nitrogens with one attached hydrogen (secondary N) is 1. The van der Waals surface area contributed by atoms with Crippen molar-refractivity contribution in [2.75, 3.05) is 20.2 Å². The zero-order chi connectivity index (χ0) is 13.9. The van der Waals surface area contributed by atoms with Gasteiger partial charge in [0.1, 0.15) is 5.75 Å². The fourth-order valence-corrected chi connectivity index (χ4v) is 2.98. The summed E-state index contributed by atoms with van der Waals surface area (Å²) in [6.07, 6.45) is 1.75. The van der Waals surface area contributed by atoms with Crippen molar-refractivity contribution in [2.45, 2.75) is 25.2 Å². The minimum atomic E-state index is -0.894. The van der Waals surface area contributed by atoms with Gasteiger partial charge < -0.3 is 15.2 Å². The van der Waals surface area contributed by atoms with Crippen LogP contribution in [0.4, 0.5) is 0 Å². The largest absolute Gasteiger partial charge is 0.496 e. The summed E-state index contributed by atoms with van der Waals surface area (Å²) in [5.41, 5.74) is -0.119. The molecule has 2 rings (SSSR count). The highest BCUT2D eigenvalue weighted by atomic mass is 16.5. The van der Waals surface area contributed by atoms with Crippen molar-refractivity contribution in [3.8, 4) is 5.75 Å². The predicted molar refractivity (Wildman–Crippen MR) is 73.6 cm³/mol. The average molecular weight is 263 g/mol. The van der Waals surface area contributed by atoms with Crippen LogP contribution in [0.25, 0.3) is 0 Å². The Hall–Kier alpha value is -1.55. The van der Waals surface area contributed by atoms with Crippen LogP contribution in [0.1, 0.15) is 25.3 Å². The monoisotopic (exact) mass is 263 g/mol.